The van der Waals surface area contributed by atoms with E-state index in [1.165, 1.54) is 4.90 Å². The highest BCUT2D eigenvalue weighted by atomic mass is 16.5. The van der Waals surface area contributed by atoms with Gasteiger partial charge in [0.05, 0.1) is 7.11 Å². The van der Waals surface area contributed by atoms with E-state index in [1.54, 1.807) is 50.4 Å². The Balaban J connectivity index is 1.94. The van der Waals surface area contributed by atoms with Crippen molar-refractivity contribution in [3.63, 3.8) is 0 Å². The second kappa shape index (κ2) is 9.64. The Morgan fingerprint density at radius 2 is 1.90 bits per heavy atom. The molecule has 0 bridgehead atoms. The lowest BCUT2D eigenvalue weighted by atomic mass is 9.92. The van der Waals surface area contributed by atoms with Crippen LogP contribution in [0.4, 0.5) is 5.69 Å². The number of hydrogen-bond donors (Lipinski definition) is 1. The molecular formula is C24H29N3O4. The molecule has 0 fully saturated rings. The summed E-state index contributed by atoms with van der Waals surface area (Å²) in [5, 5.41) is 2.90. The Labute approximate surface area is 183 Å². The number of anilines is 1. The molecule has 1 N–H and O–H groups in total. The van der Waals surface area contributed by atoms with Crippen LogP contribution in [0.2, 0.25) is 0 Å². The zero-order valence-corrected chi connectivity index (χ0v) is 18.5. The van der Waals surface area contributed by atoms with E-state index in [0.717, 1.165) is 17.5 Å². The summed E-state index contributed by atoms with van der Waals surface area (Å²) in [5.74, 6) is 0.190. The fraction of sp³-hybridized carbons (Fsp3) is 0.375. The van der Waals surface area contributed by atoms with Crippen molar-refractivity contribution in [3.8, 4) is 5.75 Å². The smallest absolute Gasteiger partial charge is 0.254 e. The van der Waals surface area contributed by atoms with Crippen LogP contribution in [0.3, 0.4) is 0 Å². The predicted octanol–water partition coefficient (Wildman–Crippen LogP) is 3.09. The van der Waals surface area contributed by atoms with Crippen LogP contribution >= 0.6 is 0 Å². The van der Waals surface area contributed by atoms with E-state index in [4.69, 9.17) is 4.74 Å². The van der Waals surface area contributed by atoms with Gasteiger partial charge in [-0.3, -0.25) is 14.4 Å². The molecule has 7 nitrogen and oxygen atoms in total. The average Bonchev–Trinajstić information content (AvgIpc) is 2.77. The van der Waals surface area contributed by atoms with E-state index in [9.17, 15) is 14.4 Å². The van der Waals surface area contributed by atoms with Crippen LogP contribution in [0, 0.1) is 0 Å². The van der Waals surface area contributed by atoms with Crippen molar-refractivity contribution in [2.75, 3.05) is 26.5 Å². The maximum atomic E-state index is 13.4. The SMILES string of the molecule is CCCC(=O)Nc1ccc2c(c1)CN(C(=O)c1cccc(OC)c1)[C@H](C(=O)N(C)C)C2. The Morgan fingerprint density at radius 1 is 1.13 bits per heavy atom. The monoisotopic (exact) mass is 423 g/mol. The fourth-order valence-electron chi connectivity index (χ4n) is 3.77. The molecule has 0 radical (unpaired) electrons. The van der Waals surface area contributed by atoms with Gasteiger partial charge in [-0.2, -0.15) is 0 Å². The summed E-state index contributed by atoms with van der Waals surface area (Å²) in [7, 11) is 4.93. The van der Waals surface area contributed by atoms with Crippen molar-refractivity contribution < 1.29 is 19.1 Å². The van der Waals surface area contributed by atoms with Crippen LogP contribution in [-0.4, -0.2) is 54.8 Å². The van der Waals surface area contributed by atoms with Crippen molar-refractivity contribution in [1.82, 2.24) is 9.80 Å². The van der Waals surface area contributed by atoms with Gasteiger partial charge in [-0.05, 0) is 47.9 Å². The molecule has 2 aromatic rings. The van der Waals surface area contributed by atoms with Gasteiger partial charge in [0.15, 0.2) is 0 Å². The number of methoxy groups -OCH3 is 1. The third kappa shape index (κ3) is 5.05. The molecule has 164 valence electrons. The van der Waals surface area contributed by atoms with Crippen LogP contribution in [-0.2, 0) is 22.6 Å². The summed E-state index contributed by atoms with van der Waals surface area (Å²) >= 11 is 0. The molecule has 31 heavy (non-hydrogen) atoms. The number of amides is 3. The zero-order chi connectivity index (χ0) is 22.5. The molecule has 0 unspecified atom stereocenters. The summed E-state index contributed by atoms with van der Waals surface area (Å²) in [4.78, 5) is 41.4. The minimum absolute atomic E-state index is 0.0387. The molecule has 0 saturated heterocycles. The number of benzene rings is 2. The molecule has 3 amide bonds. The van der Waals surface area contributed by atoms with Gasteiger partial charge in [-0.15, -0.1) is 0 Å². The number of nitrogens with zero attached hydrogens (tertiary/aromatic N) is 2. The lowest BCUT2D eigenvalue weighted by molar-refractivity contribution is -0.134. The maximum absolute atomic E-state index is 13.4. The van der Waals surface area contributed by atoms with Gasteiger partial charge in [0.25, 0.3) is 5.91 Å². The molecule has 0 aliphatic carbocycles. The number of rotatable bonds is 6. The van der Waals surface area contributed by atoms with Crippen molar-refractivity contribution in [1.29, 1.82) is 0 Å². The first-order valence-corrected chi connectivity index (χ1v) is 10.4. The van der Waals surface area contributed by atoms with E-state index in [0.29, 0.717) is 29.8 Å². The van der Waals surface area contributed by atoms with E-state index >= 15 is 0 Å². The maximum Gasteiger partial charge on any atom is 0.254 e. The summed E-state index contributed by atoms with van der Waals surface area (Å²) in [6.07, 6.45) is 1.65. The Hall–Kier alpha value is -3.35. The van der Waals surface area contributed by atoms with Gasteiger partial charge < -0.3 is 19.9 Å². The Bertz CT molecular complexity index is 987. The van der Waals surface area contributed by atoms with Gasteiger partial charge in [0.1, 0.15) is 11.8 Å². The lowest BCUT2D eigenvalue weighted by Gasteiger charge is -2.37. The van der Waals surface area contributed by atoms with Crippen LogP contribution in [0.5, 0.6) is 5.75 Å². The third-order valence-electron chi connectivity index (χ3n) is 5.40. The molecule has 0 spiro atoms. The van der Waals surface area contributed by atoms with Gasteiger partial charge in [-0.25, -0.2) is 0 Å². The highest BCUT2D eigenvalue weighted by Crippen LogP contribution is 2.29. The molecule has 7 heteroatoms. The fourth-order valence-corrected chi connectivity index (χ4v) is 3.77. The topological polar surface area (TPSA) is 79.0 Å². The molecular weight excluding hydrogens is 394 g/mol. The van der Waals surface area contributed by atoms with Crippen LogP contribution in [0.25, 0.3) is 0 Å². The second-order valence-electron chi connectivity index (χ2n) is 7.90. The number of nitrogens with one attached hydrogen (secondary N) is 1. The van der Waals surface area contributed by atoms with Gasteiger partial charge in [0, 0.05) is 44.7 Å². The van der Waals surface area contributed by atoms with E-state index in [-0.39, 0.29) is 24.3 Å². The molecule has 1 atom stereocenters. The standard InChI is InChI=1S/C24H29N3O4/c1-5-7-22(28)25-19-11-10-16-14-21(24(30)26(2)3)27(15-18(16)12-19)23(29)17-8-6-9-20(13-17)31-4/h6,8-13,21H,5,7,14-15H2,1-4H3,(H,25,28)/t21-/m0/s1. The Morgan fingerprint density at radius 3 is 2.58 bits per heavy atom. The normalized spacial score (nSPS) is 15.1. The van der Waals surface area contributed by atoms with Crippen molar-refractivity contribution in [2.45, 2.75) is 38.8 Å². The Kier molecular flexibility index (Phi) is 6.95. The summed E-state index contributed by atoms with van der Waals surface area (Å²) in [6.45, 7) is 2.24. The first-order valence-electron chi connectivity index (χ1n) is 10.4. The van der Waals surface area contributed by atoms with E-state index in [1.807, 2.05) is 25.1 Å². The molecule has 0 aromatic heterocycles. The number of likely N-dealkylation sites (N-methyl/N-ethyl adjacent to an activating group) is 1. The number of carbonyl (C=O) groups excluding carboxylic acids is 3. The average molecular weight is 424 g/mol. The first-order chi connectivity index (χ1) is 14.8. The summed E-state index contributed by atoms with van der Waals surface area (Å²) in [6, 6.07) is 12.0. The van der Waals surface area contributed by atoms with Crippen LogP contribution < -0.4 is 10.1 Å². The van der Waals surface area contributed by atoms with Crippen LogP contribution in [0.1, 0.15) is 41.3 Å². The summed E-state index contributed by atoms with van der Waals surface area (Å²) in [5.41, 5.74) is 3.09. The number of ether oxygens (including phenoxy) is 1. The zero-order valence-electron chi connectivity index (χ0n) is 18.5. The van der Waals surface area contributed by atoms with Crippen molar-refractivity contribution >= 4 is 23.4 Å². The predicted molar refractivity (Wildman–Crippen MR) is 119 cm³/mol. The van der Waals surface area contributed by atoms with Gasteiger partial charge in [-0.1, -0.05) is 19.1 Å². The van der Waals surface area contributed by atoms with Gasteiger partial charge >= 0.3 is 0 Å². The molecule has 1 aliphatic heterocycles. The quantitative estimate of drug-likeness (QED) is 0.774. The third-order valence-corrected chi connectivity index (χ3v) is 5.40. The second-order valence-corrected chi connectivity index (χ2v) is 7.90. The molecule has 0 saturated carbocycles. The first kappa shape index (κ1) is 22.3. The highest BCUT2D eigenvalue weighted by molar-refractivity contribution is 5.98. The largest absolute Gasteiger partial charge is 0.497 e. The van der Waals surface area contributed by atoms with E-state index < -0.39 is 6.04 Å². The summed E-state index contributed by atoms with van der Waals surface area (Å²) < 4.78 is 5.25. The lowest BCUT2D eigenvalue weighted by Crippen LogP contribution is -2.52. The van der Waals surface area contributed by atoms with Crippen LogP contribution in [0.15, 0.2) is 42.5 Å². The molecule has 1 heterocycles. The minimum Gasteiger partial charge on any atom is -0.497 e. The van der Waals surface area contributed by atoms with E-state index in [2.05, 4.69) is 5.32 Å². The van der Waals surface area contributed by atoms with Crippen molar-refractivity contribution in [2.24, 2.45) is 0 Å². The van der Waals surface area contributed by atoms with Crippen molar-refractivity contribution in [3.05, 3.63) is 59.2 Å². The minimum atomic E-state index is -0.596. The number of hydrogen-bond acceptors (Lipinski definition) is 4. The molecule has 2 aromatic carbocycles. The molecule has 1 aliphatic rings. The molecule has 3 rings (SSSR count). The highest BCUT2D eigenvalue weighted by Gasteiger charge is 2.36. The number of fused-ring (bicyclic) bond motifs is 1. The van der Waals surface area contributed by atoms with Gasteiger partial charge in [0.2, 0.25) is 11.8 Å². The number of carbonyl (C=O) groups is 3.